The zero-order chi connectivity index (χ0) is 28.5. The fourth-order valence-electron chi connectivity index (χ4n) is 3.68. The largest absolute Gasteiger partial charge is 0.393 e. The highest BCUT2D eigenvalue weighted by atomic mass is 16.3. The smallest absolute Gasteiger partial charge is 0.245 e. The molecule has 0 bridgehead atoms. The predicted molar refractivity (Wildman–Crippen MR) is 144 cm³/mol. The Labute approximate surface area is 224 Å². The first-order valence-corrected chi connectivity index (χ1v) is 13.3. The van der Waals surface area contributed by atoms with E-state index in [9.17, 15) is 34.5 Å². The topological polar surface area (TPSA) is 177 Å². The van der Waals surface area contributed by atoms with Gasteiger partial charge < -0.3 is 36.6 Å². The summed E-state index contributed by atoms with van der Waals surface area (Å²) in [4.78, 5) is 49.7. The van der Waals surface area contributed by atoms with Gasteiger partial charge in [0, 0.05) is 31.2 Å². The third-order valence-electron chi connectivity index (χ3n) is 6.01. The van der Waals surface area contributed by atoms with Crippen LogP contribution in [0.25, 0.3) is 0 Å². The lowest BCUT2D eigenvalue weighted by molar-refractivity contribution is -0.134. The van der Waals surface area contributed by atoms with E-state index in [1.54, 1.807) is 13.0 Å². The summed E-state index contributed by atoms with van der Waals surface area (Å²) in [6.45, 7) is 5.13. The molecule has 11 heteroatoms. The Morgan fingerprint density at radius 3 is 2.63 bits per heavy atom. The molecule has 4 amide bonds. The standard InChI is InChI=1S/C27H44N4O7/c1-4-20(33)11-9-7-5-6-8-10-12-24(36)31-25(19(3)32)27(38)30-22-17-21(34)15-16-28-23(35)14-13-18(2)29-26(22)37/h6,8,10,12-14,18-22,25,32-34H,4-5,7,9,11,15-17H2,1-3H3,(H,28,35)(H,29,37)(H,30,38)(H,31,36)/b8-6-,12-10+,14-13?/t18-,19-,20+,21-,22+,25-/m1/s1. The number of rotatable bonds is 12. The van der Waals surface area contributed by atoms with Crippen molar-refractivity contribution in [1.82, 2.24) is 21.3 Å². The van der Waals surface area contributed by atoms with Crippen LogP contribution in [-0.4, -0.2) is 81.9 Å². The molecule has 0 radical (unpaired) electrons. The predicted octanol–water partition coefficient (Wildman–Crippen LogP) is 0.112. The second-order valence-corrected chi connectivity index (χ2v) is 9.55. The average molecular weight is 537 g/mol. The fourth-order valence-corrected chi connectivity index (χ4v) is 3.68. The van der Waals surface area contributed by atoms with E-state index in [4.69, 9.17) is 0 Å². The van der Waals surface area contributed by atoms with Gasteiger partial charge in [-0.1, -0.05) is 37.6 Å². The van der Waals surface area contributed by atoms with Gasteiger partial charge in [0.05, 0.1) is 18.3 Å². The van der Waals surface area contributed by atoms with E-state index in [0.717, 1.165) is 32.1 Å². The van der Waals surface area contributed by atoms with Gasteiger partial charge in [0.25, 0.3) is 0 Å². The van der Waals surface area contributed by atoms with E-state index >= 15 is 0 Å². The number of carbonyl (C=O) groups is 4. The van der Waals surface area contributed by atoms with Gasteiger partial charge in [-0.05, 0) is 46.0 Å². The maximum Gasteiger partial charge on any atom is 0.245 e. The molecule has 0 saturated heterocycles. The van der Waals surface area contributed by atoms with Crippen LogP contribution in [0.2, 0.25) is 0 Å². The molecule has 6 atom stereocenters. The molecule has 38 heavy (non-hydrogen) atoms. The molecule has 11 nitrogen and oxygen atoms in total. The van der Waals surface area contributed by atoms with Crippen molar-refractivity contribution in [3.05, 3.63) is 36.5 Å². The van der Waals surface area contributed by atoms with Gasteiger partial charge in [-0.2, -0.15) is 0 Å². The number of nitrogens with one attached hydrogen (secondary N) is 4. The molecule has 0 aromatic carbocycles. The van der Waals surface area contributed by atoms with E-state index in [1.807, 2.05) is 13.0 Å². The summed E-state index contributed by atoms with van der Waals surface area (Å²) in [5, 5.41) is 40.2. The highest BCUT2D eigenvalue weighted by Crippen LogP contribution is 2.07. The van der Waals surface area contributed by atoms with Gasteiger partial charge >= 0.3 is 0 Å². The first-order chi connectivity index (χ1) is 18.0. The molecule has 7 N–H and O–H groups in total. The quantitative estimate of drug-likeness (QED) is 0.105. The lowest BCUT2D eigenvalue weighted by atomic mass is 10.0. The van der Waals surface area contributed by atoms with E-state index in [-0.39, 0.29) is 31.4 Å². The molecular formula is C27H44N4O7. The number of allylic oxidation sites excluding steroid dienone is 3. The van der Waals surface area contributed by atoms with Crippen LogP contribution in [0.5, 0.6) is 0 Å². The summed E-state index contributed by atoms with van der Waals surface area (Å²) >= 11 is 0. The molecule has 0 fully saturated rings. The van der Waals surface area contributed by atoms with Crippen LogP contribution in [-0.2, 0) is 19.2 Å². The van der Waals surface area contributed by atoms with E-state index < -0.39 is 48.1 Å². The Hall–Kier alpha value is -3.02. The zero-order valence-corrected chi connectivity index (χ0v) is 22.6. The first-order valence-electron chi connectivity index (χ1n) is 13.3. The van der Waals surface area contributed by atoms with Crippen LogP contribution in [0.1, 0.15) is 65.7 Å². The minimum absolute atomic E-state index is 0.119. The summed E-state index contributed by atoms with van der Waals surface area (Å²) in [6, 6.07) is -2.97. The Morgan fingerprint density at radius 2 is 1.95 bits per heavy atom. The lowest BCUT2D eigenvalue weighted by Gasteiger charge is -2.26. The summed E-state index contributed by atoms with van der Waals surface area (Å²) in [5.74, 6) is -2.28. The number of aliphatic hydroxyl groups excluding tert-OH is 3. The third kappa shape index (κ3) is 14.1. The third-order valence-corrected chi connectivity index (χ3v) is 6.01. The monoisotopic (exact) mass is 536 g/mol. The normalized spacial score (nSPS) is 23.6. The zero-order valence-electron chi connectivity index (χ0n) is 22.6. The minimum atomic E-state index is -1.33. The van der Waals surface area contributed by atoms with Gasteiger partial charge in [-0.25, -0.2) is 0 Å². The molecule has 0 saturated carbocycles. The van der Waals surface area contributed by atoms with Gasteiger partial charge in [0.1, 0.15) is 12.1 Å². The van der Waals surface area contributed by atoms with Crippen molar-refractivity contribution in [2.24, 2.45) is 0 Å². The molecular weight excluding hydrogens is 492 g/mol. The van der Waals surface area contributed by atoms with E-state index in [1.165, 1.54) is 31.2 Å². The highest BCUT2D eigenvalue weighted by molar-refractivity contribution is 5.95. The molecule has 1 heterocycles. The van der Waals surface area contributed by atoms with Crippen LogP contribution in [0, 0.1) is 0 Å². The van der Waals surface area contributed by atoms with E-state index in [0.29, 0.717) is 0 Å². The molecule has 0 aromatic rings. The van der Waals surface area contributed by atoms with Crippen molar-refractivity contribution < 1.29 is 34.5 Å². The number of unbranched alkanes of at least 4 members (excludes halogenated alkanes) is 2. The van der Waals surface area contributed by atoms with Crippen LogP contribution in [0.15, 0.2) is 36.5 Å². The number of carbonyl (C=O) groups excluding carboxylic acids is 4. The summed E-state index contributed by atoms with van der Waals surface area (Å²) in [5.41, 5.74) is 0. The van der Waals surface area contributed by atoms with Crippen molar-refractivity contribution >= 4 is 23.6 Å². The molecule has 0 aromatic heterocycles. The molecule has 0 aliphatic carbocycles. The fraction of sp³-hybridized carbons (Fsp3) is 0.630. The van der Waals surface area contributed by atoms with Crippen molar-refractivity contribution in [2.75, 3.05) is 6.54 Å². The van der Waals surface area contributed by atoms with Crippen LogP contribution in [0.3, 0.4) is 0 Å². The molecule has 0 unspecified atom stereocenters. The van der Waals surface area contributed by atoms with Crippen molar-refractivity contribution in [3.63, 3.8) is 0 Å². The Balaban J connectivity index is 2.71. The Bertz CT molecular complexity index is 856. The maximum atomic E-state index is 12.9. The number of aliphatic hydroxyl groups is 3. The van der Waals surface area contributed by atoms with Crippen LogP contribution < -0.4 is 21.3 Å². The van der Waals surface area contributed by atoms with Crippen LogP contribution in [0.4, 0.5) is 0 Å². The van der Waals surface area contributed by atoms with Crippen molar-refractivity contribution in [3.8, 4) is 0 Å². The lowest BCUT2D eigenvalue weighted by Crippen LogP contribution is -2.58. The SMILES string of the molecule is CC[C@H](O)CCCC/C=C\C=C\C(=O)N[C@@H](C(=O)N[C@H]1C[C@H](O)CCNC(=O)C=C[C@@H](C)NC1=O)[C@@H](C)O. The van der Waals surface area contributed by atoms with Gasteiger partial charge in [0.2, 0.25) is 23.6 Å². The molecule has 1 aliphatic rings. The van der Waals surface area contributed by atoms with Crippen LogP contribution >= 0.6 is 0 Å². The van der Waals surface area contributed by atoms with Gasteiger partial charge in [0.15, 0.2) is 0 Å². The van der Waals surface area contributed by atoms with E-state index in [2.05, 4.69) is 21.3 Å². The van der Waals surface area contributed by atoms with Crippen molar-refractivity contribution in [2.45, 2.75) is 102 Å². The van der Waals surface area contributed by atoms with Crippen molar-refractivity contribution in [1.29, 1.82) is 0 Å². The molecule has 1 rings (SSSR count). The summed E-state index contributed by atoms with van der Waals surface area (Å²) in [7, 11) is 0. The highest BCUT2D eigenvalue weighted by Gasteiger charge is 2.31. The second-order valence-electron chi connectivity index (χ2n) is 9.55. The maximum absolute atomic E-state index is 12.9. The summed E-state index contributed by atoms with van der Waals surface area (Å²) < 4.78 is 0. The minimum Gasteiger partial charge on any atom is -0.393 e. The number of hydrogen-bond acceptors (Lipinski definition) is 7. The number of amides is 4. The second kappa shape index (κ2) is 18.3. The first kappa shape index (κ1) is 33.0. The summed E-state index contributed by atoms with van der Waals surface area (Å²) in [6.07, 6.45) is 10.8. The molecule has 214 valence electrons. The average Bonchev–Trinajstić information content (AvgIpc) is 2.86. The Morgan fingerprint density at radius 1 is 1.21 bits per heavy atom. The Kier molecular flexibility index (Phi) is 15.9. The molecule has 0 spiro atoms. The number of hydrogen-bond donors (Lipinski definition) is 7. The van der Waals surface area contributed by atoms with Gasteiger partial charge in [-0.3, -0.25) is 19.2 Å². The molecule has 1 aliphatic heterocycles. The van der Waals surface area contributed by atoms with Gasteiger partial charge in [-0.15, -0.1) is 0 Å².